The normalized spacial score (nSPS) is 22.3. The Morgan fingerprint density at radius 3 is 2.39 bits per heavy atom. The summed E-state index contributed by atoms with van der Waals surface area (Å²) in [6.07, 6.45) is 1.23. The van der Waals surface area contributed by atoms with Gasteiger partial charge >= 0.3 is 0 Å². The standard InChI is InChI=1S/C15H21NOS/c1-14(2,18)12-3-5-13(6-4-12)16-9-15(10-16)7-8-17-11-15/h3-6,18H,7-11H2,1-2H3. The maximum absolute atomic E-state index is 5.51. The van der Waals surface area contributed by atoms with Gasteiger partial charge in [0, 0.05) is 35.5 Å². The average molecular weight is 263 g/mol. The van der Waals surface area contributed by atoms with Crippen LogP contribution in [0.25, 0.3) is 0 Å². The Labute approximate surface area is 115 Å². The Balaban J connectivity index is 1.68. The van der Waals surface area contributed by atoms with E-state index in [0.717, 1.165) is 26.3 Å². The van der Waals surface area contributed by atoms with E-state index in [1.54, 1.807) is 0 Å². The number of thiol groups is 1. The number of rotatable bonds is 2. The van der Waals surface area contributed by atoms with Crippen LogP contribution in [-0.2, 0) is 9.48 Å². The number of benzene rings is 1. The summed E-state index contributed by atoms with van der Waals surface area (Å²) in [7, 11) is 0. The highest BCUT2D eigenvalue weighted by atomic mass is 32.1. The van der Waals surface area contributed by atoms with E-state index in [1.165, 1.54) is 17.7 Å². The van der Waals surface area contributed by atoms with Gasteiger partial charge in [0.25, 0.3) is 0 Å². The van der Waals surface area contributed by atoms with Gasteiger partial charge in [0.05, 0.1) is 6.61 Å². The van der Waals surface area contributed by atoms with Crippen LogP contribution in [0.2, 0.25) is 0 Å². The molecular formula is C15H21NOS. The van der Waals surface area contributed by atoms with Crippen molar-refractivity contribution in [3.8, 4) is 0 Å². The molecule has 2 nitrogen and oxygen atoms in total. The van der Waals surface area contributed by atoms with Crippen LogP contribution in [0, 0.1) is 5.41 Å². The molecule has 2 aliphatic heterocycles. The van der Waals surface area contributed by atoms with Gasteiger partial charge in [-0.25, -0.2) is 0 Å². The first-order valence-corrected chi connectivity index (χ1v) is 7.09. The van der Waals surface area contributed by atoms with E-state index in [9.17, 15) is 0 Å². The number of anilines is 1. The van der Waals surface area contributed by atoms with Crippen LogP contribution >= 0.6 is 12.6 Å². The first-order valence-electron chi connectivity index (χ1n) is 6.64. The molecule has 98 valence electrons. The summed E-state index contributed by atoms with van der Waals surface area (Å²) >= 11 is 4.60. The Bertz CT molecular complexity index is 421. The lowest BCUT2D eigenvalue weighted by molar-refractivity contribution is 0.131. The fourth-order valence-corrected chi connectivity index (χ4v) is 3.07. The van der Waals surface area contributed by atoms with E-state index in [2.05, 4.69) is 55.6 Å². The molecule has 0 unspecified atom stereocenters. The SMILES string of the molecule is CC(C)(S)c1ccc(N2CC3(CCOC3)C2)cc1. The molecule has 0 radical (unpaired) electrons. The van der Waals surface area contributed by atoms with Crippen LogP contribution in [0.5, 0.6) is 0 Å². The van der Waals surface area contributed by atoms with Gasteiger partial charge in [-0.1, -0.05) is 12.1 Å². The molecule has 0 aliphatic carbocycles. The van der Waals surface area contributed by atoms with Gasteiger partial charge in [0.1, 0.15) is 0 Å². The number of nitrogens with zero attached hydrogens (tertiary/aromatic N) is 1. The summed E-state index contributed by atoms with van der Waals surface area (Å²) in [6, 6.07) is 8.82. The minimum atomic E-state index is -0.0615. The molecule has 0 aromatic heterocycles. The Morgan fingerprint density at radius 1 is 1.22 bits per heavy atom. The van der Waals surface area contributed by atoms with Gasteiger partial charge in [-0.15, -0.1) is 0 Å². The van der Waals surface area contributed by atoms with Crippen LogP contribution in [0.15, 0.2) is 24.3 Å². The summed E-state index contributed by atoms with van der Waals surface area (Å²) in [5, 5.41) is 0. The van der Waals surface area contributed by atoms with Gasteiger partial charge in [-0.3, -0.25) is 0 Å². The Morgan fingerprint density at radius 2 is 1.89 bits per heavy atom. The molecule has 3 rings (SSSR count). The highest BCUT2D eigenvalue weighted by Crippen LogP contribution is 2.41. The highest BCUT2D eigenvalue weighted by molar-refractivity contribution is 7.81. The van der Waals surface area contributed by atoms with Crippen molar-refractivity contribution >= 4 is 18.3 Å². The molecule has 0 atom stereocenters. The average Bonchev–Trinajstić information content (AvgIpc) is 2.75. The Hall–Kier alpha value is -0.670. The van der Waals surface area contributed by atoms with E-state index < -0.39 is 0 Å². The molecular weight excluding hydrogens is 242 g/mol. The second-order valence-corrected chi connectivity index (χ2v) is 7.38. The quantitative estimate of drug-likeness (QED) is 0.823. The number of ether oxygens (including phenoxy) is 1. The van der Waals surface area contributed by atoms with Crippen molar-refractivity contribution in [2.75, 3.05) is 31.2 Å². The zero-order chi connectivity index (χ0) is 12.8. The molecule has 0 bridgehead atoms. The van der Waals surface area contributed by atoms with Gasteiger partial charge in [-0.05, 0) is 38.0 Å². The molecule has 2 heterocycles. The maximum Gasteiger partial charge on any atom is 0.0557 e. The lowest BCUT2D eigenvalue weighted by atomic mass is 9.79. The molecule has 1 aromatic rings. The molecule has 2 aliphatic rings. The predicted octanol–water partition coefficient (Wildman–Crippen LogP) is 3.08. The molecule has 1 aromatic carbocycles. The van der Waals surface area contributed by atoms with Gasteiger partial charge in [-0.2, -0.15) is 12.6 Å². The van der Waals surface area contributed by atoms with E-state index in [4.69, 9.17) is 4.74 Å². The first kappa shape index (κ1) is 12.4. The zero-order valence-corrected chi connectivity index (χ0v) is 12.0. The molecule has 2 saturated heterocycles. The van der Waals surface area contributed by atoms with Crippen molar-refractivity contribution in [3.63, 3.8) is 0 Å². The summed E-state index contributed by atoms with van der Waals surface area (Å²) in [5.74, 6) is 0. The van der Waals surface area contributed by atoms with Crippen LogP contribution in [0.4, 0.5) is 5.69 Å². The van der Waals surface area contributed by atoms with Gasteiger partial charge < -0.3 is 9.64 Å². The van der Waals surface area contributed by atoms with E-state index in [0.29, 0.717) is 5.41 Å². The van der Waals surface area contributed by atoms with Gasteiger partial charge in [0.15, 0.2) is 0 Å². The summed E-state index contributed by atoms with van der Waals surface area (Å²) < 4.78 is 5.45. The van der Waals surface area contributed by atoms with E-state index in [1.807, 2.05) is 0 Å². The van der Waals surface area contributed by atoms with Crippen molar-refractivity contribution in [1.29, 1.82) is 0 Å². The third-order valence-corrected chi connectivity index (χ3v) is 4.43. The number of hydrogen-bond acceptors (Lipinski definition) is 3. The molecule has 1 spiro atoms. The second-order valence-electron chi connectivity index (χ2n) is 6.26. The monoisotopic (exact) mass is 263 g/mol. The molecule has 3 heteroatoms. The molecule has 18 heavy (non-hydrogen) atoms. The highest BCUT2D eigenvalue weighted by Gasteiger charge is 2.45. The van der Waals surface area contributed by atoms with Crippen LogP contribution < -0.4 is 4.90 Å². The largest absolute Gasteiger partial charge is 0.381 e. The lowest BCUT2D eigenvalue weighted by Gasteiger charge is -2.48. The molecule has 0 amide bonds. The van der Waals surface area contributed by atoms with Crippen LogP contribution in [0.3, 0.4) is 0 Å². The van der Waals surface area contributed by atoms with Crippen molar-refractivity contribution in [3.05, 3.63) is 29.8 Å². The Kier molecular flexibility index (Phi) is 2.87. The van der Waals surface area contributed by atoms with Crippen molar-refractivity contribution in [2.45, 2.75) is 25.0 Å². The minimum absolute atomic E-state index is 0.0615. The second kappa shape index (κ2) is 4.17. The summed E-state index contributed by atoms with van der Waals surface area (Å²) in [6.45, 7) is 8.44. The topological polar surface area (TPSA) is 12.5 Å². The van der Waals surface area contributed by atoms with E-state index >= 15 is 0 Å². The van der Waals surface area contributed by atoms with Gasteiger partial charge in [0.2, 0.25) is 0 Å². The van der Waals surface area contributed by atoms with Crippen molar-refractivity contribution in [2.24, 2.45) is 5.41 Å². The minimum Gasteiger partial charge on any atom is -0.381 e. The lowest BCUT2D eigenvalue weighted by Crippen LogP contribution is -2.56. The molecule has 2 fully saturated rings. The first-order chi connectivity index (χ1) is 8.49. The van der Waals surface area contributed by atoms with E-state index in [-0.39, 0.29) is 4.75 Å². The number of hydrogen-bond donors (Lipinski definition) is 1. The van der Waals surface area contributed by atoms with Crippen LogP contribution in [0.1, 0.15) is 25.8 Å². The summed E-state index contributed by atoms with van der Waals surface area (Å²) in [4.78, 5) is 2.45. The fourth-order valence-electron chi connectivity index (χ4n) is 2.93. The molecule has 0 saturated carbocycles. The molecule has 0 N–H and O–H groups in total. The summed E-state index contributed by atoms with van der Waals surface area (Å²) in [5.41, 5.74) is 3.06. The maximum atomic E-state index is 5.51. The third-order valence-electron chi connectivity index (χ3n) is 4.18. The fraction of sp³-hybridized carbons (Fsp3) is 0.600. The smallest absolute Gasteiger partial charge is 0.0557 e. The zero-order valence-electron chi connectivity index (χ0n) is 11.1. The van der Waals surface area contributed by atoms with Crippen molar-refractivity contribution < 1.29 is 4.74 Å². The third kappa shape index (κ3) is 2.14. The predicted molar refractivity (Wildman–Crippen MR) is 78.5 cm³/mol. The van der Waals surface area contributed by atoms with Crippen LogP contribution in [-0.4, -0.2) is 26.3 Å². The van der Waals surface area contributed by atoms with Crippen molar-refractivity contribution in [1.82, 2.24) is 0 Å².